The van der Waals surface area contributed by atoms with Gasteiger partial charge in [0.05, 0.1) is 6.54 Å². The van der Waals surface area contributed by atoms with Gasteiger partial charge in [0, 0.05) is 38.3 Å². The second-order valence-electron chi connectivity index (χ2n) is 11.6. The normalized spacial score (nSPS) is 15.6. The number of rotatable bonds is 7. The van der Waals surface area contributed by atoms with Gasteiger partial charge in [0.15, 0.2) is 16.9 Å². The number of anilines is 1. The maximum absolute atomic E-state index is 13.8. The molecule has 1 aliphatic rings. The second kappa shape index (κ2) is 11.6. The van der Waals surface area contributed by atoms with Crippen LogP contribution in [0.5, 0.6) is 5.75 Å². The number of fused-ring (bicyclic) bond motifs is 1. The average molecular weight is 567 g/mol. The van der Waals surface area contributed by atoms with Crippen LogP contribution in [0.2, 0.25) is 0 Å². The lowest BCUT2D eigenvalue weighted by Gasteiger charge is -2.34. The lowest BCUT2D eigenvalue weighted by Crippen LogP contribution is -2.49. The first-order valence-corrected chi connectivity index (χ1v) is 13.6. The quantitative estimate of drug-likeness (QED) is 0.329. The molecule has 3 aromatic rings. The summed E-state index contributed by atoms with van der Waals surface area (Å²) in [5.74, 6) is 0.0714. The summed E-state index contributed by atoms with van der Waals surface area (Å²) in [6, 6.07) is 5.45. The summed E-state index contributed by atoms with van der Waals surface area (Å²) in [4.78, 5) is 59.2. The molecular weight excluding hydrogens is 528 g/mol. The van der Waals surface area contributed by atoms with Crippen LogP contribution in [0.4, 0.5) is 10.7 Å². The van der Waals surface area contributed by atoms with E-state index in [1.54, 1.807) is 25.3 Å². The van der Waals surface area contributed by atoms with Crippen molar-refractivity contribution < 1.29 is 19.4 Å². The number of carbonyl (C=O) groups excluding carboxylic acids is 2. The van der Waals surface area contributed by atoms with Gasteiger partial charge in [-0.1, -0.05) is 11.6 Å². The Labute approximate surface area is 237 Å². The first kappa shape index (κ1) is 29.6. The van der Waals surface area contributed by atoms with E-state index < -0.39 is 35.3 Å². The number of allylic oxidation sites excluding steroid dienone is 2. The molecule has 2 aromatic heterocycles. The lowest BCUT2D eigenvalue weighted by molar-refractivity contribution is 0.0499. The van der Waals surface area contributed by atoms with E-state index in [0.29, 0.717) is 25.6 Å². The molecule has 3 heterocycles. The van der Waals surface area contributed by atoms with Crippen LogP contribution in [-0.4, -0.2) is 60.4 Å². The number of piperidine rings is 1. The molecule has 41 heavy (non-hydrogen) atoms. The monoisotopic (exact) mass is 566 g/mol. The fraction of sp³-hybridized carbons (Fsp3) is 0.483. The number of aromatic hydroxyl groups is 1. The molecule has 1 fully saturated rings. The number of amides is 1. The number of phenols is 1. The molecular formula is C29H38N6O6. The van der Waals surface area contributed by atoms with Gasteiger partial charge in [-0.05, 0) is 71.7 Å². The Morgan fingerprint density at radius 2 is 1.83 bits per heavy atom. The van der Waals surface area contributed by atoms with E-state index >= 15 is 0 Å². The van der Waals surface area contributed by atoms with Crippen molar-refractivity contribution in [3.63, 3.8) is 0 Å². The summed E-state index contributed by atoms with van der Waals surface area (Å²) in [7, 11) is 1.52. The zero-order chi connectivity index (χ0) is 30.1. The largest absolute Gasteiger partial charge is 0.508 e. The Hall–Kier alpha value is -4.35. The molecule has 4 rings (SSSR count). The van der Waals surface area contributed by atoms with Crippen molar-refractivity contribution >= 4 is 29.0 Å². The molecule has 1 atom stereocenters. The molecule has 1 aliphatic heterocycles. The van der Waals surface area contributed by atoms with Crippen molar-refractivity contribution in [3.05, 3.63) is 62.3 Å². The number of hydrogen-bond donors (Lipinski definition) is 2. The van der Waals surface area contributed by atoms with Gasteiger partial charge in [0.1, 0.15) is 11.4 Å². The smallest absolute Gasteiger partial charge is 0.407 e. The summed E-state index contributed by atoms with van der Waals surface area (Å²) >= 11 is 0. The number of Topliss-reactive ketones (excluding diaryl/α,β-unsaturated/α-hetero) is 1. The van der Waals surface area contributed by atoms with Gasteiger partial charge in [0.25, 0.3) is 5.56 Å². The van der Waals surface area contributed by atoms with E-state index in [2.05, 4.69) is 5.32 Å². The van der Waals surface area contributed by atoms with Crippen molar-refractivity contribution in [3.8, 4) is 5.75 Å². The Morgan fingerprint density at radius 3 is 2.46 bits per heavy atom. The highest BCUT2D eigenvalue weighted by Crippen LogP contribution is 2.24. The van der Waals surface area contributed by atoms with E-state index in [9.17, 15) is 24.3 Å². The summed E-state index contributed by atoms with van der Waals surface area (Å²) in [5.41, 5.74) is -0.160. The molecule has 0 bridgehead atoms. The van der Waals surface area contributed by atoms with Crippen LogP contribution in [0.25, 0.3) is 11.2 Å². The molecule has 0 spiro atoms. The van der Waals surface area contributed by atoms with E-state index in [-0.39, 0.29) is 28.5 Å². The number of alkyl carbamates (subject to hydrolysis) is 1. The number of nitrogens with zero attached hydrogens (tertiary/aromatic N) is 5. The SMILES string of the molecule is CC(C)=CCn1c(N2CCCC(NC(=O)OC(C)(C)C)C2)nc2c1c(=O)n(CC(=O)c1ccc(O)cc1)c(=O)n2C. The maximum Gasteiger partial charge on any atom is 0.407 e. The second-order valence-corrected chi connectivity index (χ2v) is 11.6. The molecule has 1 aromatic carbocycles. The van der Waals surface area contributed by atoms with Gasteiger partial charge in [-0.25, -0.2) is 9.59 Å². The molecule has 220 valence electrons. The zero-order valence-corrected chi connectivity index (χ0v) is 24.4. The number of ether oxygens (including phenoxy) is 1. The van der Waals surface area contributed by atoms with Crippen LogP contribution in [0.15, 0.2) is 45.5 Å². The average Bonchev–Trinajstić information content (AvgIpc) is 3.28. The minimum absolute atomic E-state index is 0.00741. The van der Waals surface area contributed by atoms with Gasteiger partial charge < -0.3 is 24.6 Å². The number of aromatic nitrogens is 4. The number of imidazole rings is 1. The maximum atomic E-state index is 13.8. The number of phenolic OH excluding ortho intramolecular Hbond substituents is 1. The van der Waals surface area contributed by atoms with Crippen LogP contribution >= 0.6 is 0 Å². The van der Waals surface area contributed by atoms with Crippen molar-refractivity contribution in [2.75, 3.05) is 18.0 Å². The highest BCUT2D eigenvalue weighted by molar-refractivity contribution is 5.96. The van der Waals surface area contributed by atoms with Crippen LogP contribution in [0.1, 0.15) is 57.8 Å². The molecule has 0 saturated carbocycles. The predicted octanol–water partition coefficient (Wildman–Crippen LogP) is 2.94. The number of nitrogens with one attached hydrogen (secondary N) is 1. The Bertz CT molecular complexity index is 1600. The first-order chi connectivity index (χ1) is 19.2. The minimum atomic E-state index is -0.656. The number of ketones is 1. The molecule has 2 N–H and O–H groups in total. The highest BCUT2D eigenvalue weighted by atomic mass is 16.6. The number of carbonyl (C=O) groups is 2. The van der Waals surface area contributed by atoms with Crippen molar-refractivity contribution in [1.82, 2.24) is 24.0 Å². The van der Waals surface area contributed by atoms with Crippen molar-refractivity contribution in [2.24, 2.45) is 7.05 Å². The Balaban J connectivity index is 1.75. The fourth-order valence-corrected chi connectivity index (χ4v) is 4.82. The van der Waals surface area contributed by atoms with E-state index in [1.807, 2.05) is 24.8 Å². The van der Waals surface area contributed by atoms with Crippen molar-refractivity contribution in [1.29, 1.82) is 0 Å². The molecule has 0 radical (unpaired) electrons. The molecule has 1 saturated heterocycles. The minimum Gasteiger partial charge on any atom is -0.508 e. The molecule has 1 amide bonds. The van der Waals surface area contributed by atoms with Crippen LogP contribution in [-0.2, 0) is 24.9 Å². The highest BCUT2D eigenvalue weighted by Gasteiger charge is 2.29. The molecule has 12 heteroatoms. The third-order valence-corrected chi connectivity index (χ3v) is 6.81. The third-order valence-electron chi connectivity index (χ3n) is 6.81. The Morgan fingerprint density at radius 1 is 1.15 bits per heavy atom. The lowest BCUT2D eigenvalue weighted by atomic mass is 10.1. The van der Waals surface area contributed by atoms with Gasteiger partial charge in [-0.3, -0.25) is 18.7 Å². The third kappa shape index (κ3) is 6.69. The number of aryl methyl sites for hydroxylation is 1. The molecule has 0 aliphatic carbocycles. The predicted molar refractivity (Wildman–Crippen MR) is 156 cm³/mol. The van der Waals surface area contributed by atoms with Crippen LogP contribution < -0.4 is 21.5 Å². The summed E-state index contributed by atoms with van der Waals surface area (Å²) in [6.07, 6.45) is 3.00. The summed E-state index contributed by atoms with van der Waals surface area (Å²) < 4.78 is 9.39. The summed E-state index contributed by atoms with van der Waals surface area (Å²) in [6.45, 7) is 10.3. The molecule has 1 unspecified atom stereocenters. The van der Waals surface area contributed by atoms with E-state index in [0.717, 1.165) is 23.0 Å². The van der Waals surface area contributed by atoms with Gasteiger partial charge >= 0.3 is 11.8 Å². The van der Waals surface area contributed by atoms with Crippen LogP contribution in [0, 0.1) is 0 Å². The fourth-order valence-electron chi connectivity index (χ4n) is 4.82. The van der Waals surface area contributed by atoms with Crippen LogP contribution in [0.3, 0.4) is 0 Å². The summed E-state index contributed by atoms with van der Waals surface area (Å²) in [5, 5.41) is 12.5. The van der Waals surface area contributed by atoms with Gasteiger partial charge in [-0.2, -0.15) is 4.98 Å². The standard InChI is InChI=1S/C29H38N6O6/c1-18(2)13-15-34-23-24(31-26(34)33-14-7-8-20(16-33)30-27(39)41-29(3,4)5)32(6)28(40)35(25(23)38)17-22(37)19-9-11-21(36)12-10-19/h9-13,20,36H,7-8,14-17H2,1-6H3,(H,30,39). The van der Waals surface area contributed by atoms with Crippen molar-refractivity contribution in [2.45, 2.75) is 72.2 Å². The first-order valence-electron chi connectivity index (χ1n) is 13.6. The molecule has 12 nitrogen and oxygen atoms in total. The van der Waals surface area contributed by atoms with Gasteiger partial charge in [-0.15, -0.1) is 0 Å². The Kier molecular flexibility index (Phi) is 8.41. The number of benzene rings is 1. The van der Waals surface area contributed by atoms with E-state index in [1.165, 1.54) is 35.9 Å². The zero-order valence-electron chi connectivity index (χ0n) is 24.4. The number of hydrogen-bond acceptors (Lipinski definition) is 8. The van der Waals surface area contributed by atoms with E-state index in [4.69, 9.17) is 9.72 Å². The topological polar surface area (TPSA) is 141 Å². The van der Waals surface area contributed by atoms with Gasteiger partial charge in [0.2, 0.25) is 5.95 Å².